The third-order valence-corrected chi connectivity index (χ3v) is 8.90. The van der Waals surface area contributed by atoms with Crippen LogP contribution in [-0.4, -0.2) is 46.2 Å². The topological polar surface area (TPSA) is 131 Å². The molecule has 0 fully saturated rings. The lowest BCUT2D eigenvalue weighted by Crippen LogP contribution is -2.06. The molecule has 0 spiro atoms. The Hall–Kier alpha value is -6.29. The van der Waals surface area contributed by atoms with E-state index in [1.807, 2.05) is 60.9 Å². The fraction of sp³-hybridized carbons (Fsp3) is 0.108. The molecule has 0 aliphatic heterocycles. The Morgan fingerprint density at radius 1 is 0.702 bits per heavy atom. The van der Waals surface area contributed by atoms with Gasteiger partial charge in [0.15, 0.2) is 11.5 Å². The van der Waals surface area contributed by atoms with Crippen LogP contribution in [0.1, 0.15) is 22.7 Å². The highest BCUT2D eigenvalue weighted by atomic mass is 16.6. The summed E-state index contributed by atoms with van der Waals surface area (Å²) >= 11 is 0. The highest BCUT2D eigenvalue weighted by Gasteiger charge is 2.28. The van der Waals surface area contributed by atoms with Gasteiger partial charge in [-0.25, -0.2) is 4.98 Å². The molecule has 232 valence electrons. The van der Waals surface area contributed by atoms with E-state index in [1.165, 1.54) is 6.07 Å². The molecule has 0 saturated carbocycles. The number of nitro groups is 1. The number of H-pyrrole nitrogens is 3. The van der Waals surface area contributed by atoms with Crippen molar-refractivity contribution < 1.29 is 19.1 Å². The minimum atomic E-state index is -0.402. The van der Waals surface area contributed by atoms with Gasteiger partial charge in [-0.05, 0) is 47.5 Å². The second kappa shape index (κ2) is 11.0. The number of ether oxygens (including phenoxy) is 3. The molecular formula is C37H29N5O5. The molecule has 0 aliphatic rings. The van der Waals surface area contributed by atoms with Gasteiger partial charge in [0.25, 0.3) is 5.69 Å². The molecule has 4 aromatic heterocycles. The van der Waals surface area contributed by atoms with Crippen molar-refractivity contribution in [1.29, 1.82) is 0 Å². The number of aromatic amines is 3. The number of nitro benzene ring substituents is 1. The highest BCUT2D eigenvalue weighted by Crippen LogP contribution is 2.45. The van der Waals surface area contributed by atoms with Crippen molar-refractivity contribution in [3.63, 3.8) is 0 Å². The van der Waals surface area contributed by atoms with Crippen molar-refractivity contribution >= 4 is 49.3 Å². The molecule has 0 aliphatic carbocycles. The number of pyridine rings is 1. The van der Waals surface area contributed by atoms with Crippen LogP contribution in [0.15, 0.2) is 97.3 Å². The molecule has 0 saturated heterocycles. The van der Waals surface area contributed by atoms with Crippen LogP contribution >= 0.6 is 0 Å². The van der Waals surface area contributed by atoms with Gasteiger partial charge in [-0.2, -0.15) is 0 Å². The molecule has 8 aromatic rings. The second-order valence-corrected chi connectivity index (χ2v) is 11.4. The first-order valence-corrected chi connectivity index (χ1v) is 15.0. The molecule has 10 nitrogen and oxygen atoms in total. The van der Waals surface area contributed by atoms with Crippen molar-refractivity contribution in [2.75, 3.05) is 21.3 Å². The van der Waals surface area contributed by atoms with Crippen molar-refractivity contribution in [3.05, 3.63) is 124 Å². The number of aromatic nitrogens is 4. The second-order valence-electron chi connectivity index (χ2n) is 11.4. The first-order chi connectivity index (χ1) is 23.0. The standard InChI is InChI=1S/C37H29N5O5/c1-45-32-14-20(15-33(46-2)37(32)47-3)35-36-25(22-8-5-7-11-30(22)40-36)17-31(41-35)34(26-18-38-28-10-6-4-9-23(26)28)27-19-39-29-13-12-21(42(43)44)16-24(27)29/h4-19,34,38-40H,1-3H3. The van der Waals surface area contributed by atoms with Crippen LogP contribution in [0, 0.1) is 10.1 Å². The van der Waals surface area contributed by atoms with E-state index in [-0.39, 0.29) is 10.6 Å². The number of rotatable bonds is 8. The van der Waals surface area contributed by atoms with Gasteiger partial charge < -0.3 is 29.2 Å². The Bertz CT molecular complexity index is 2470. The largest absolute Gasteiger partial charge is 0.493 e. The Balaban J connectivity index is 1.48. The quantitative estimate of drug-likeness (QED) is 0.115. The number of nitrogens with one attached hydrogen (secondary N) is 3. The summed E-state index contributed by atoms with van der Waals surface area (Å²) in [5, 5.41) is 15.7. The van der Waals surface area contributed by atoms with Gasteiger partial charge >= 0.3 is 0 Å². The van der Waals surface area contributed by atoms with Crippen molar-refractivity contribution in [2.45, 2.75) is 5.92 Å². The minimum absolute atomic E-state index is 0.0224. The number of hydrogen-bond donors (Lipinski definition) is 3. The Kier molecular flexibility index (Phi) is 6.57. The van der Waals surface area contributed by atoms with Gasteiger partial charge in [0.05, 0.1) is 49.1 Å². The predicted octanol–water partition coefficient (Wildman–Crippen LogP) is 8.46. The van der Waals surface area contributed by atoms with E-state index in [0.29, 0.717) is 22.9 Å². The minimum Gasteiger partial charge on any atom is -0.493 e. The summed E-state index contributed by atoms with van der Waals surface area (Å²) in [4.78, 5) is 27.3. The average molecular weight is 624 g/mol. The molecule has 10 heteroatoms. The van der Waals surface area contributed by atoms with E-state index in [1.54, 1.807) is 33.5 Å². The molecular weight excluding hydrogens is 594 g/mol. The van der Waals surface area contributed by atoms with Gasteiger partial charge in [-0.15, -0.1) is 0 Å². The van der Waals surface area contributed by atoms with Crippen LogP contribution in [0.2, 0.25) is 0 Å². The molecule has 1 atom stereocenters. The third kappa shape index (κ3) is 4.45. The maximum absolute atomic E-state index is 11.9. The van der Waals surface area contributed by atoms with Gasteiger partial charge in [0.2, 0.25) is 5.75 Å². The molecule has 4 heterocycles. The van der Waals surface area contributed by atoms with Crippen LogP contribution < -0.4 is 14.2 Å². The smallest absolute Gasteiger partial charge is 0.270 e. The third-order valence-electron chi connectivity index (χ3n) is 8.90. The number of fused-ring (bicyclic) bond motifs is 5. The number of methoxy groups -OCH3 is 3. The molecule has 1 unspecified atom stereocenters. The van der Waals surface area contributed by atoms with E-state index in [2.05, 4.69) is 33.2 Å². The number of non-ortho nitro benzene ring substituents is 1. The molecule has 47 heavy (non-hydrogen) atoms. The first kappa shape index (κ1) is 28.2. The predicted molar refractivity (Wildman–Crippen MR) is 183 cm³/mol. The Morgan fingerprint density at radius 3 is 2.02 bits per heavy atom. The van der Waals surface area contributed by atoms with E-state index in [9.17, 15) is 10.1 Å². The summed E-state index contributed by atoms with van der Waals surface area (Å²) in [7, 11) is 4.76. The van der Waals surface area contributed by atoms with Crippen molar-refractivity contribution in [1.82, 2.24) is 19.9 Å². The SMILES string of the molecule is COc1cc(-c2nc(C(c3c[nH]c4ccccc34)c3c[nH]c4ccc([N+](=O)[O-])cc34)cc3c2[nH]c2ccccc23)cc(OC)c1OC. The van der Waals surface area contributed by atoms with Crippen LogP contribution in [-0.2, 0) is 0 Å². The molecule has 0 radical (unpaired) electrons. The number of nitrogens with zero attached hydrogens (tertiary/aromatic N) is 2. The van der Waals surface area contributed by atoms with E-state index in [0.717, 1.165) is 66.0 Å². The van der Waals surface area contributed by atoms with Crippen LogP contribution in [0.4, 0.5) is 5.69 Å². The molecule has 3 N–H and O–H groups in total. The fourth-order valence-corrected chi connectivity index (χ4v) is 6.74. The lowest BCUT2D eigenvalue weighted by atomic mass is 9.86. The lowest BCUT2D eigenvalue weighted by molar-refractivity contribution is -0.384. The van der Waals surface area contributed by atoms with Crippen LogP contribution in [0.25, 0.3) is 54.9 Å². The summed E-state index contributed by atoms with van der Waals surface area (Å²) in [6.45, 7) is 0. The maximum Gasteiger partial charge on any atom is 0.270 e. The summed E-state index contributed by atoms with van der Waals surface area (Å²) in [5.74, 6) is 1.10. The molecule has 8 rings (SSSR count). The summed E-state index contributed by atoms with van der Waals surface area (Å²) in [5.41, 5.74) is 7.74. The zero-order chi connectivity index (χ0) is 32.2. The fourth-order valence-electron chi connectivity index (χ4n) is 6.74. The number of para-hydroxylation sites is 2. The van der Waals surface area contributed by atoms with Gasteiger partial charge in [0.1, 0.15) is 0 Å². The van der Waals surface area contributed by atoms with E-state index < -0.39 is 5.92 Å². The first-order valence-electron chi connectivity index (χ1n) is 15.0. The number of benzene rings is 4. The number of hydrogen-bond acceptors (Lipinski definition) is 6. The molecule has 0 amide bonds. The molecule has 0 bridgehead atoms. The average Bonchev–Trinajstić information content (AvgIpc) is 3.83. The Morgan fingerprint density at radius 2 is 1.34 bits per heavy atom. The zero-order valence-electron chi connectivity index (χ0n) is 25.8. The lowest BCUT2D eigenvalue weighted by Gasteiger charge is -2.19. The van der Waals surface area contributed by atoms with Crippen molar-refractivity contribution in [2.24, 2.45) is 0 Å². The Labute approximate surface area is 268 Å². The monoisotopic (exact) mass is 623 g/mol. The van der Waals surface area contributed by atoms with E-state index in [4.69, 9.17) is 19.2 Å². The van der Waals surface area contributed by atoms with Gasteiger partial charge in [-0.3, -0.25) is 10.1 Å². The van der Waals surface area contributed by atoms with E-state index >= 15 is 0 Å². The maximum atomic E-state index is 11.9. The van der Waals surface area contributed by atoms with Gasteiger partial charge in [0, 0.05) is 68.2 Å². The summed E-state index contributed by atoms with van der Waals surface area (Å²) in [6, 6.07) is 27.1. The molecule has 4 aromatic carbocycles. The summed E-state index contributed by atoms with van der Waals surface area (Å²) in [6.07, 6.45) is 3.94. The highest BCUT2D eigenvalue weighted by molar-refractivity contribution is 6.11. The van der Waals surface area contributed by atoms with Gasteiger partial charge in [-0.1, -0.05) is 36.4 Å². The van der Waals surface area contributed by atoms with Crippen molar-refractivity contribution in [3.8, 4) is 28.5 Å². The normalized spacial score (nSPS) is 12.2. The van der Waals surface area contributed by atoms with Crippen LogP contribution in [0.5, 0.6) is 17.2 Å². The zero-order valence-corrected chi connectivity index (χ0v) is 25.8. The summed E-state index contributed by atoms with van der Waals surface area (Å²) < 4.78 is 17.1. The van der Waals surface area contributed by atoms with Crippen LogP contribution in [0.3, 0.4) is 0 Å².